The molecule has 3 atom stereocenters. The summed E-state index contributed by atoms with van der Waals surface area (Å²) in [5.74, 6) is 1.53. The van der Waals surface area contributed by atoms with Crippen molar-refractivity contribution in [2.75, 3.05) is 5.32 Å². The molecule has 1 aliphatic carbocycles. The van der Waals surface area contributed by atoms with E-state index in [4.69, 9.17) is 11.6 Å². The topological polar surface area (TPSA) is 12.0 Å². The molecule has 3 unspecified atom stereocenters. The van der Waals surface area contributed by atoms with Crippen LogP contribution in [0.15, 0.2) is 18.2 Å². The van der Waals surface area contributed by atoms with Gasteiger partial charge in [-0.05, 0) is 42.9 Å². The van der Waals surface area contributed by atoms with Gasteiger partial charge in [0, 0.05) is 6.04 Å². The van der Waals surface area contributed by atoms with Crippen molar-refractivity contribution in [1.29, 1.82) is 0 Å². The number of nitrogens with one attached hydrogen (secondary N) is 1. The van der Waals surface area contributed by atoms with E-state index in [0.717, 1.165) is 22.5 Å². The summed E-state index contributed by atoms with van der Waals surface area (Å²) in [5, 5.41) is 4.47. The molecule has 0 amide bonds. The summed E-state index contributed by atoms with van der Waals surface area (Å²) in [7, 11) is 0. The molecule has 1 saturated carbocycles. The first-order valence-corrected chi connectivity index (χ1v) is 6.98. The first-order valence-electron chi connectivity index (χ1n) is 6.60. The van der Waals surface area contributed by atoms with Crippen LogP contribution in [0.5, 0.6) is 0 Å². The van der Waals surface area contributed by atoms with Crippen molar-refractivity contribution >= 4 is 17.3 Å². The van der Waals surface area contributed by atoms with Gasteiger partial charge in [-0.2, -0.15) is 0 Å². The lowest BCUT2D eigenvalue weighted by Crippen LogP contribution is -2.35. The molecule has 1 nitrogen and oxygen atoms in total. The molecule has 0 spiro atoms. The molecule has 2 heteroatoms. The molecule has 0 heterocycles. The molecule has 2 rings (SSSR count). The molecule has 1 aromatic carbocycles. The van der Waals surface area contributed by atoms with Gasteiger partial charge in [-0.25, -0.2) is 0 Å². The lowest BCUT2D eigenvalue weighted by molar-refractivity contribution is 0.253. The zero-order valence-corrected chi connectivity index (χ0v) is 11.7. The number of anilines is 1. The van der Waals surface area contributed by atoms with E-state index in [2.05, 4.69) is 38.2 Å². The van der Waals surface area contributed by atoms with Crippen molar-refractivity contribution in [3.05, 3.63) is 28.8 Å². The van der Waals surface area contributed by atoms with Crippen LogP contribution in [0.3, 0.4) is 0 Å². The minimum absolute atomic E-state index is 0.568. The van der Waals surface area contributed by atoms with Gasteiger partial charge in [0.05, 0.1) is 10.7 Å². The second kappa shape index (κ2) is 5.30. The number of hydrogen-bond acceptors (Lipinski definition) is 1. The predicted octanol–water partition coefficient (Wildman–Crippen LogP) is 4.89. The van der Waals surface area contributed by atoms with Gasteiger partial charge in [0.25, 0.3) is 0 Å². The minimum Gasteiger partial charge on any atom is -0.381 e. The van der Waals surface area contributed by atoms with E-state index >= 15 is 0 Å². The van der Waals surface area contributed by atoms with Crippen molar-refractivity contribution in [3.8, 4) is 0 Å². The van der Waals surface area contributed by atoms with E-state index in [1.807, 2.05) is 6.07 Å². The summed E-state index contributed by atoms with van der Waals surface area (Å²) >= 11 is 6.27. The van der Waals surface area contributed by atoms with E-state index in [9.17, 15) is 0 Å². The fraction of sp³-hybridized carbons (Fsp3) is 0.600. The molecule has 1 fully saturated rings. The third-order valence-electron chi connectivity index (χ3n) is 4.17. The Kier molecular flexibility index (Phi) is 3.98. The van der Waals surface area contributed by atoms with Gasteiger partial charge >= 0.3 is 0 Å². The third kappa shape index (κ3) is 2.95. The highest BCUT2D eigenvalue weighted by molar-refractivity contribution is 6.33. The maximum Gasteiger partial charge on any atom is 0.0640 e. The monoisotopic (exact) mass is 251 g/mol. The Morgan fingerprint density at radius 3 is 2.71 bits per heavy atom. The van der Waals surface area contributed by atoms with Crippen molar-refractivity contribution in [2.24, 2.45) is 11.8 Å². The highest BCUT2D eigenvalue weighted by atomic mass is 35.5. The van der Waals surface area contributed by atoms with Gasteiger partial charge in [-0.15, -0.1) is 0 Å². The van der Waals surface area contributed by atoms with Crippen molar-refractivity contribution in [2.45, 2.75) is 46.1 Å². The lowest BCUT2D eigenvalue weighted by Gasteiger charge is -2.35. The van der Waals surface area contributed by atoms with Gasteiger partial charge in [-0.1, -0.05) is 44.4 Å². The molecule has 0 aromatic heterocycles. The Labute approximate surface area is 110 Å². The van der Waals surface area contributed by atoms with Crippen LogP contribution in [-0.4, -0.2) is 6.04 Å². The maximum atomic E-state index is 6.27. The summed E-state index contributed by atoms with van der Waals surface area (Å²) in [6.07, 6.45) is 3.95. The Bertz CT molecular complexity index is 389. The number of halogens is 1. The summed E-state index contributed by atoms with van der Waals surface area (Å²) < 4.78 is 0. The SMILES string of the molecule is Cc1ccc(NC2CCCC(C)C2C)c(Cl)c1. The second-order valence-electron chi connectivity index (χ2n) is 5.50. The van der Waals surface area contributed by atoms with E-state index in [1.165, 1.54) is 24.8 Å². The van der Waals surface area contributed by atoms with Gasteiger partial charge in [-0.3, -0.25) is 0 Å². The van der Waals surface area contributed by atoms with Gasteiger partial charge in [0.1, 0.15) is 0 Å². The van der Waals surface area contributed by atoms with Crippen LogP contribution in [-0.2, 0) is 0 Å². The number of hydrogen-bond donors (Lipinski definition) is 1. The molecule has 1 aromatic rings. The quantitative estimate of drug-likeness (QED) is 0.790. The Morgan fingerprint density at radius 1 is 1.24 bits per heavy atom. The van der Waals surface area contributed by atoms with Crippen molar-refractivity contribution in [1.82, 2.24) is 0 Å². The average Bonchev–Trinajstić information content (AvgIpc) is 2.28. The van der Waals surface area contributed by atoms with Crippen LogP contribution in [0.4, 0.5) is 5.69 Å². The second-order valence-corrected chi connectivity index (χ2v) is 5.91. The van der Waals surface area contributed by atoms with Crippen LogP contribution in [0.25, 0.3) is 0 Å². The van der Waals surface area contributed by atoms with Gasteiger partial charge < -0.3 is 5.32 Å². The minimum atomic E-state index is 0.568. The van der Waals surface area contributed by atoms with Gasteiger partial charge in [0.2, 0.25) is 0 Å². The highest BCUT2D eigenvalue weighted by Crippen LogP contribution is 2.33. The molecular weight excluding hydrogens is 230 g/mol. The zero-order valence-electron chi connectivity index (χ0n) is 11.0. The average molecular weight is 252 g/mol. The summed E-state index contributed by atoms with van der Waals surface area (Å²) in [5.41, 5.74) is 2.30. The molecular formula is C15H22ClN. The fourth-order valence-electron chi connectivity index (χ4n) is 2.72. The smallest absolute Gasteiger partial charge is 0.0640 e. The van der Waals surface area contributed by atoms with Crippen LogP contribution in [0.2, 0.25) is 5.02 Å². The molecule has 94 valence electrons. The van der Waals surface area contributed by atoms with Crippen LogP contribution < -0.4 is 5.32 Å². The predicted molar refractivity (Wildman–Crippen MR) is 75.8 cm³/mol. The van der Waals surface area contributed by atoms with Crippen molar-refractivity contribution < 1.29 is 0 Å². The normalized spacial score (nSPS) is 29.1. The Hall–Kier alpha value is -0.690. The lowest BCUT2D eigenvalue weighted by atomic mass is 9.78. The van der Waals surface area contributed by atoms with Crippen LogP contribution >= 0.6 is 11.6 Å². The first kappa shape index (κ1) is 12.8. The molecule has 0 saturated heterocycles. The van der Waals surface area contributed by atoms with Crippen molar-refractivity contribution in [3.63, 3.8) is 0 Å². The Morgan fingerprint density at radius 2 is 2.00 bits per heavy atom. The van der Waals surface area contributed by atoms with E-state index in [-0.39, 0.29) is 0 Å². The molecule has 0 radical (unpaired) electrons. The molecule has 0 bridgehead atoms. The number of aryl methyl sites for hydroxylation is 1. The maximum absolute atomic E-state index is 6.27. The molecule has 1 N–H and O–H groups in total. The first-order chi connectivity index (χ1) is 8.08. The van der Waals surface area contributed by atoms with E-state index < -0.39 is 0 Å². The van der Waals surface area contributed by atoms with E-state index in [0.29, 0.717) is 6.04 Å². The molecule has 17 heavy (non-hydrogen) atoms. The van der Waals surface area contributed by atoms with Crippen LogP contribution in [0.1, 0.15) is 38.7 Å². The fourth-order valence-corrected chi connectivity index (χ4v) is 3.01. The molecule has 1 aliphatic rings. The summed E-state index contributed by atoms with van der Waals surface area (Å²) in [6, 6.07) is 6.81. The zero-order chi connectivity index (χ0) is 12.4. The highest BCUT2D eigenvalue weighted by Gasteiger charge is 2.27. The van der Waals surface area contributed by atoms with Gasteiger partial charge in [0.15, 0.2) is 0 Å². The standard InChI is InChI=1S/C15H22ClN/c1-10-7-8-15(13(16)9-10)17-14-6-4-5-11(2)12(14)3/h7-9,11-12,14,17H,4-6H2,1-3H3. The third-order valence-corrected chi connectivity index (χ3v) is 4.49. The van der Waals surface area contributed by atoms with Crippen LogP contribution in [0, 0.1) is 18.8 Å². The van der Waals surface area contributed by atoms with E-state index in [1.54, 1.807) is 0 Å². The number of benzene rings is 1. The summed E-state index contributed by atoms with van der Waals surface area (Å²) in [4.78, 5) is 0. The summed E-state index contributed by atoms with van der Waals surface area (Å²) in [6.45, 7) is 6.78. The Balaban J connectivity index is 2.09. The molecule has 0 aliphatic heterocycles. The number of rotatable bonds is 2. The largest absolute Gasteiger partial charge is 0.381 e.